The summed E-state index contributed by atoms with van der Waals surface area (Å²) in [6, 6.07) is 6.55. The van der Waals surface area contributed by atoms with Crippen LogP contribution in [0.4, 0.5) is 16.2 Å². The van der Waals surface area contributed by atoms with Crippen LogP contribution in [0.1, 0.15) is 71.8 Å². The summed E-state index contributed by atoms with van der Waals surface area (Å²) < 4.78 is 5.36. The molecule has 1 saturated carbocycles. The Morgan fingerprint density at radius 2 is 2.08 bits per heavy atom. The van der Waals surface area contributed by atoms with Gasteiger partial charge in [0.05, 0.1) is 0 Å². The highest BCUT2D eigenvalue weighted by Gasteiger charge is 2.29. The number of amides is 1. The van der Waals surface area contributed by atoms with Gasteiger partial charge >= 0.3 is 6.09 Å². The molecule has 1 fully saturated rings. The molecule has 1 aromatic carbocycles. The van der Waals surface area contributed by atoms with E-state index in [2.05, 4.69) is 29.7 Å². The fourth-order valence-electron chi connectivity index (χ4n) is 3.61. The lowest BCUT2D eigenvalue weighted by Gasteiger charge is -2.37. The summed E-state index contributed by atoms with van der Waals surface area (Å²) >= 11 is 0. The lowest BCUT2D eigenvalue weighted by atomic mass is 9.77. The molecule has 1 unspecified atom stereocenters. The average Bonchev–Trinajstić information content (AvgIpc) is 2.48. The summed E-state index contributed by atoms with van der Waals surface area (Å²) in [5.74, 6) is 0.738. The number of ether oxygens (including phenoxy) is 1. The maximum Gasteiger partial charge on any atom is 0.412 e. The third-order valence-corrected chi connectivity index (χ3v) is 5.17. The Labute approximate surface area is 157 Å². The number of allylic oxidation sites excluding steroid dienone is 1. The van der Waals surface area contributed by atoms with E-state index in [0.29, 0.717) is 6.04 Å². The first-order chi connectivity index (χ1) is 12.4. The fourth-order valence-corrected chi connectivity index (χ4v) is 3.61. The Kier molecular flexibility index (Phi) is 5.59. The van der Waals surface area contributed by atoms with Crippen LogP contribution in [-0.4, -0.2) is 17.7 Å². The van der Waals surface area contributed by atoms with Crippen molar-refractivity contribution in [2.24, 2.45) is 5.92 Å². The van der Waals surface area contributed by atoms with E-state index in [1.54, 1.807) is 0 Å². The Morgan fingerprint density at radius 1 is 1.31 bits per heavy atom. The lowest BCUT2D eigenvalue weighted by Crippen LogP contribution is -2.34. The van der Waals surface area contributed by atoms with Crippen LogP contribution in [0.15, 0.2) is 24.3 Å². The zero-order valence-corrected chi connectivity index (χ0v) is 16.5. The third-order valence-electron chi connectivity index (χ3n) is 5.17. The molecule has 1 aliphatic heterocycles. The number of nitrogens with one attached hydrogen (secondary N) is 2. The Morgan fingerprint density at radius 3 is 2.69 bits per heavy atom. The van der Waals surface area contributed by atoms with Crippen molar-refractivity contribution in [3.8, 4) is 0 Å². The molecule has 0 radical (unpaired) electrons. The van der Waals surface area contributed by atoms with Crippen molar-refractivity contribution in [2.75, 3.05) is 10.6 Å². The van der Waals surface area contributed by atoms with E-state index in [1.807, 2.05) is 32.9 Å². The molecule has 4 nitrogen and oxygen atoms in total. The first-order valence-electron chi connectivity index (χ1n) is 9.97. The van der Waals surface area contributed by atoms with Crippen LogP contribution in [0.5, 0.6) is 0 Å². The molecule has 142 valence electrons. The number of rotatable bonds is 5. The molecule has 3 rings (SSSR count). The number of carbonyl (C=O) groups excluding carboxylic acids is 1. The van der Waals surface area contributed by atoms with Gasteiger partial charge < -0.3 is 10.1 Å². The molecule has 1 atom stereocenters. The van der Waals surface area contributed by atoms with Crippen molar-refractivity contribution < 1.29 is 9.53 Å². The quantitative estimate of drug-likeness (QED) is 0.660. The molecule has 1 aliphatic carbocycles. The zero-order chi connectivity index (χ0) is 18.7. The maximum absolute atomic E-state index is 12.1. The van der Waals surface area contributed by atoms with Gasteiger partial charge in [0.15, 0.2) is 0 Å². The first-order valence-corrected chi connectivity index (χ1v) is 9.97. The molecular weight excluding hydrogens is 324 g/mol. The molecule has 4 heteroatoms. The first kappa shape index (κ1) is 18.8. The molecular formula is C22H32N2O2. The predicted molar refractivity (Wildman–Crippen MR) is 109 cm³/mol. The highest BCUT2D eigenvalue weighted by atomic mass is 16.6. The summed E-state index contributed by atoms with van der Waals surface area (Å²) in [6.07, 6.45) is 9.52. The molecule has 26 heavy (non-hydrogen) atoms. The number of unbranched alkanes of at least 4 members (excludes halogenated alkanes) is 1. The summed E-state index contributed by atoms with van der Waals surface area (Å²) in [5, 5.41) is 6.56. The molecule has 1 aromatic rings. The SMILES string of the molecule is CCCCC1=CC(C2CCC2)Nc2cc(NC(=O)OC(C)(C)C)ccc21. The summed E-state index contributed by atoms with van der Waals surface area (Å²) in [7, 11) is 0. The average molecular weight is 357 g/mol. The van der Waals surface area contributed by atoms with Gasteiger partial charge in [-0.25, -0.2) is 4.79 Å². The topological polar surface area (TPSA) is 50.4 Å². The van der Waals surface area contributed by atoms with Gasteiger partial charge in [0.1, 0.15) is 5.60 Å². The Bertz CT molecular complexity index is 684. The minimum atomic E-state index is -0.498. The van der Waals surface area contributed by atoms with Crippen LogP contribution < -0.4 is 10.6 Å². The number of fused-ring (bicyclic) bond motifs is 1. The van der Waals surface area contributed by atoms with Crippen LogP contribution in [0.2, 0.25) is 0 Å². The highest BCUT2D eigenvalue weighted by Crippen LogP contribution is 2.40. The van der Waals surface area contributed by atoms with Crippen LogP contribution in [-0.2, 0) is 4.74 Å². The van der Waals surface area contributed by atoms with E-state index in [9.17, 15) is 4.79 Å². The van der Waals surface area contributed by atoms with Gasteiger partial charge in [-0.1, -0.05) is 31.9 Å². The van der Waals surface area contributed by atoms with Gasteiger partial charge in [0, 0.05) is 23.0 Å². The van der Waals surface area contributed by atoms with Crippen LogP contribution >= 0.6 is 0 Å². The van der Waals surface area contributed by atoms with Crippen LogP contribution in [0, 0.1) is 5.92 Å². The number of hydrogen-bond donors (Lipinski definition) is 2. The number of carbonyl (C=O) groups is 1. The second-order valence-electron chi connectivity index (χ2n) is 8.54. The number of anilines is 2. The van der Waals surface area contributed by atoms with Gasteiger partial charge in [-0.15, -0.1) is 0 Å². The molecule has 1 amide bonds. The standard InChI is InChI=1S/C22H32N2O2/c1-5-6-8-16-13-19(15-9-7-10-15)24-20-14-17(11-12-18(16)20)23-21(25)26-22(2,3)4/h11-15,19,24H,5-10H2,1-4H3,(H,23,25). The Hall–Kier alpha value is -1.97. The van der Waals surface area contributed by atoms with E-state index < -0.39 is 11.7 Å². The van der Waals surface area contributed by atoms with Gasteiger partial charge in [-0.3, -0.25) is 5.32 Å². The smallest absolute Gasteiger partial charge is 0.412 e. The van der Waals surface area contributed by atoms with Crippen LogP contribution in [0.25, 0.3) is 5.57 Å². The van der Waals surface area contributed by atoms with E-state index in [4.69, 9.17) is 4.74 Å². The molecule has 0 spiro atoms. The maximum atomic E-state index is 12.1. The van der Waals surface area contributed by atoms with Crippen LogP contribution in [0.3, 0.4) is 0 Å². The van der Waals surface area contributed by atoms with Gasteiger partial charge in [-0.05, 0) is 70.1 Å². The van der Waals surface area contributed by atoms with Gasteiger partial charge in [0.25, 0.3) is 0 Å². The summed E-state index contributed by atoms with van der Waals surface area (Å²) in [6.45, 7) is 7.85. The van der Waals surface area contributed by atoms with Crippen molar-refractivity contribution >= 4 is 23.0 Å². The van der Waals surface area contributed by atoms with E-state index >= 15 is 0 Å². The van der Waals surface area contributed by atoms with Crippen molar-refractivity contribution in [3.63, 3.8) is 0 Å². The minimum Gasteiger partial charge on any atom is -0.444 e. The van der Waals surface area contributed by atoms with Crippen molar-refractivity contribution in [2.45, 2.75) is 77.9 Å². The van der Waals surface area contributed by atoms with Crippen molar-refractivity contribution in [1.82, 2.24) is 0 Å². The second kappa shape index (κ2) is 7.73. The largest absolute Gasteiger partial charge is 0.444 e. The number of hydrogen-bond acceptors (Lipinski definition) is 3. The lowest BCUT2D eigenvalue weighted by molar-refractivity contribution is 0.0636. The van der Waals surface area contributed by atoms with Crippen molar-refractivity contribution in [1.29, 1.82) is 0 Å². The third kappa shape index (κ3) is 4.60. The second-order valence-corrected chi connectivity index (χ2v) is 8.54. The highest BCUT2D eigenvalue weighted by molar-refractivity contribution is 5.88. The molecule has 2 aliphatic rings. The minimum absolute atomic E-state index is 0.412. The van der Waals surface area contributed by atoms with Gasteiger partial charge in [-0.2, -0.15) is 0 Å². The monoisotopic (exact) mass is 356 g/mol. The molecule has 0 bridgehead atoms. The summed E-state index contributed by atoms with van der Waals surface area (Å²) in [4.78, 5) is 12.1. The van der Waals surface area contributed by atoms with E-state index in [1.165, 1.54) is 43.2 Å². The zero-order valence-electron chi connectivity index (χ0n) is 16.5. The van der Waals surface area contributed by atoms with Gasteiger partial charge in [0.2, 0.25) is 0 Å². The Balaban J connectivity index is 1.78. The predicted octanol–water partition coefficient (Wildman–Crippen LogP) is 6.20. The molecule has 0 aromatic heterocycles. The molecule has 1 heterocycles. The summed E-state index contributed by atoms with van der Waals surface area (Å²) in [5.41, 5.74) is 4.12. The fraction of sp³-hybridized carbons (Fsp3) is 0.591. The molecule has 0 saturated heterocycles. The molecule has 2 N–H and O–H groups in total. The van der Waals surface area contributed by atoms with E-state index in [-0.39, 0.29) is 0 Å². The number of benzene rings is 1. The van der Waals surface area contributed by atoms with Crippen molar-refractivity contribution in [3.05, 3.63) is 29.8 Å². The van der Waals surface area contributed by atoms with E-state index in [0.717, 1.165) is 23.7 Å². The normalized spacial score (nSPS) is 19.7.